The van der Waals surface area contributed by atoms with E-state index in [2.05, 4.69) is 10.5 Å². The highest BCUT2D eigenvalue weighted by molar-refractivity contribution is 6.30. The Bertz CT molecular complexity index is 754. The number of phenolic OH excluding ortho intramolecular Hbond substituents is 1. The number of halogens is 1. The van der Waals surface area contributed by atoms with Crippen molar-refractivity contribution < 1.29 is 24.1 Å². The number of carbonyl (C=O) groups is 1. The lowest BCUT2D eigenvalue weighted by molar-refractivity contribution is -0.123. The first kappa shape index (κ1) is 18.4. The number of methoxy groups -OCH3 is 2. The van der Waals surface area contributed by atoms with Gasteiger partial charge in [0.1, 0.15) is 5.75 Å². The lowest BCUT2D eigenvalue weighted by Gasteiger charge is -2.09. The molecule has 0 saturated heterocycles. The Kier molecular flexibility index (Phi) is 6.47. The van der Waals surface area contributed by atoms with Crippen LogP contribution in [0.3, 0.4) is 0 Å². The molecule has 132 valence electrons. The van der Waals surface area contributed by atoms with E-state index in [1.165, 1.54) is 20.4 Å². The quantitative estimate of drug-likeness (QED) is 0.582. The molecule has 2 aromatic rings. The number of hydrazone groups is 1. The molecule has 0 fully saturated rings. The summed E-state index contributed by atoms with van der Waals surface area (Å²) in [4.78, 5) is 11.7. The first-order valence-electron chi connectivity index (χ1n) is 7.18. The molecule has 0 bridgehead atoms. The highest BCUT2D eigenvalue weighted by Gasteiger charge is 2.10. The lowest BCUT2D eigenvalue weighted by atomic mass is 10.2. The van der Waals surface area contributed by atoms with Gasteiger partial charge in [-0.2, -0.15) is 5.10 Å². The Hall–Kier alpha value is -2.93. The van der Waals surface area contributed by atoms with Crippen molar-refractivity contribution >= 4 is 23.7 Å². The van der Waals surface area contributed by atoms with Crippen molar-refractivity contribution in [2.75, 3.05) is 20.8 Å². The molecular weight excluding hydrogens is 348 g/mol. The zero-order chi connectivity index (χ0) is 18.2. The van der Waals surface area contributed by atoms with Gasteiger partial charge in [0.05, 0.1) is 20.4 Å². The number of carbonyl (C=O) groups excluding carboxylic acids is 1. The first-order chi connectivity index (χ1) is 12.0. The Morgan fingerprint density at radius 3 is 2.52 bits per heavy atom. The van der Waals surface area contributed by atoms with Crippen molar-refractivity contribution in [1.29, 1.82) is 0 Å². The van der Waals surface area contributed by atoms with Gasteiger partial charge in [-0.1, -0.05) is 17.7 Å². The molecule has 2 aromatic carbocycles. The number of nitrogens with zero attached hydrogens (tertiary/aromatic N) is 1. The minimum absolute atomic E-state index is 0.110. The fourth-order valence-corrected chi connectivity index (χ4v) is 2.09. The summed E-state index contributed by atoms with van der Waals surface area (Å²) in [6.45, 7) is -0.208. The number of hydrogen-bond acceptors (Lipinski definition) is 6. The van der Waals surface area contributed by atoms with Gasteiger partial charge in [-0.3, -0.25) is 4.79 Å². The SMILES string of the molecule is COc1cc(/C=N\NC(=O)COc2cccc(Cl)c2)cc(OC)c1O. The first-order valence-corrected chi connectivity index (χ1v) is 7.56. The highest BCUT2D eigenvalue weighted by Crippen LogP contribution is 2.36. The molecule has 0 radical (unpaired) electrons. The van der Waals surface area contributed by atoms with Crippen molar-refractivity contribution in [3.63, 3.8) is 0 Å². The molecule has 0 aromatic heterocycles. The molecule has 2 rings (SSSR count). The van der Waals surface area contributed by atoms with Crippen LogP contribution in [0.25, 0.3) is 0 Å². The Morgan fingerprint density at radius 1 is 1.24 bits per heavy atom. The maximum atomic E-state index is 11.7. The van der Waals surface area contributed by atoms with Crippen LogP contribution in [0.4, 0.5) is 0 Å². The van der Waals surface area contributed by atoms with Crippen molar-refractivity contribution in [3.05, 3.63) is 47.0 Å². The van der Waals surface area contributed by atoms with E-state index in [0.29, 0.717) is 16.3 Å². The third kappa shape index (κ3) is 5.29. The second-order valence-electron chi connectivity index (χ2n) is 4.81. The normalized spacial score (nSPS) is 10.5. The predicted octanol–water partition coefficient (Wildman–Crippen LogP) is 2.59. The number of phenols is 1. The molecule has 0 aliphatic carbocycles. The summed E-state index contributed by atoms with van der Waals surface area (Å²) in [5, 5.41) is 14.2. The molecule has 0 unspecified atom stereocenters. The van der Waals surface area contributed by atoms with Gasteiger partial charge in [-0.15, -0.1) is 0 Å². The summed E-state index contributed by atoms with van der Waals surface area (Å²) < 4.78 is 15.4. The lowest BCUT2D eigenvalue weighted by Crippen LogP contribution is -2.24. The fraction of sp³-hybridized carbons (Fsp3) is 0.176. The second-order valence-corrected chi connectivity index (χ2v) is 5.25. The van der Waals surface area contributed by atoms with E-state index in [4.69, 9.17) is 25.8 Å². The zero-order valence-electron chi connectivity index (χ0n) is 13.7. The summed E-state index contributed by atoms with van der Waals surface area (Å²) >= 11 is 5.83. The van der Waals surface area contributed by atoms with Crippen molar-refractivity contribution in [3.8, 4) is 23.0 Å². The highest BCUT2D eigenvalue weighted by atomic mass is 35.5. The average molecular weight is 365 g/mol. The molecule has 2 N–H and O–H groups in total. The average Bonchev–Trinajstić information content (AvgIpc) is 2.61. The largest absolute Gasteiger partial charge is 0.502 e. The molecule has 0 aliphatic heterocycles. The molecule has 0 spiro atoms. The molecule has 8 heteroatoms. The van der Waals surface area contributed by atoms with E-state index >= 15 is 0 Å². The molecule has 0 heterocycles. The number of amides is 1. The van der Waals surface area contributed by atoms with Crippen LogP contribution in [0.15, 0.2) is 41.5 Å². The minimum atomic E-state index is -0.436. The maximum Gasteiger partial charge on any atom is 0.277 e. The number of rotatable bonds is 7. The number of hydrogen-bond donors (Lipinski definition) is 2. The van der Waals surface area contributed by atoms with Crippen molar-refractivity contribution in [2.45, 2.75) is 0 Å². The molecule has 7 nitrogen and oxygen atoms in total. The smallest absolute Gasteiger partial charge is 0.277 e. The van der Waals surface area contributed by atoms with Crippen LogP contribution in [-0.2, 0) is 4.79 Å². The Morgan fingerprint density at radius 2 is 1.92 bits per heavy atom. The monoisotopic (exact) mass is 364 g/mol. The molecule has 0 aliphatic rings. The van der Waals surface area contributed by atoms with E-state index in [9.17, 15) is 9.90 Å². The van der Waals surface area contributed by atoms with E-state index in [-0.39, 0.29) is 23.9 Å². The van der Waals surface area contributed by atoms with Crippen LogP contribution in [0, 0.1) is 0 Å². The van der Waals surface area contributed by atoms with Gasteiger partial charge in [0.2, 0.25) is 5.75 Å². The van der Waals surface area contributed by atoms with Crippen LogP contribution >= 0.6 is 11.6 Å². The summed E-state index contributed by atoms with van der Waals surface area (Å²) in [5.41, 5.74) is 2.91. The Balaban J connectivity index is 1.93. The summed E-state index contributed by atoms with van der Waals surface area (Å²) in [6, 6.07) is 9.83. The van der Waals surface area contributed by atoms with Gasteiger partial charge >= 0.3 is 0 Å². The number of nitrogens with one attached hydrogen (secondary N) is 1. The zero-order valence-corrected chi connectivity index (χ0v) is 14.4. The fourth-order valence-electron chi connectivity index (χ4n) is 1.91. The molecular formula is C17H17ClN2O5. The number of ether oxygens (including phenoxy) is 3. The molecule has 1 amide bonds. The second kappa shape index (κ2) is 8.79. The van der Waals surface area contributed by atoms with Gasteiger partial charge in [0.15, 0.2) is 18.1 Å². The van der Waals surface area contributed by atoms with Gasteiger partial charge in [-0.05, 0) is 30.3 Å². The molecule has 25 heavy (non-hydrogen) atoms. The van der Waals surface area contributed by atoms with Crippen LogP contribution in [0.1, 0.15) is 5.56 Å². The third-order valence-corrected chi connectivity index (χ3v) is 3.31. The van der Waals surface area contributed by atoms with Crippen LogP contribution in [0.2, 0.25) is 5.02 Å². The van der Waals surface area contributed by atoms with Gasteiger partial charge < -0.3 is 19.3 Å². The predicted molar refractivity (Wildman–Crippen MR) is 93.9 cm³/mol. The minimum Gasteiger partial charge on any atom is -0.502 e. The van der Waals surface area contributed by atoms with E-state index in [1.807, 2.05) is 0 Å². The van der Waals surface area contributed by atoms with Gasteiger partial charge in [-0.25, -0.2) is 5.43 Å². The van der Waals surface area contributed by atoms with E-state index < -0.39 is 5.91 Å². The molecule has 0 atom stereocenters. The number of benzene rings is 2. The molecule has 0 saturated carbocycles. The van der Waals surface area contributed by atoms with E-state index in [0.717, 1.165) is 0 Å². The van der Waals surface area contributed by atoms with Crippen LogP contribution in [-0.4, -0.2) is 38.1 Å². The van der Waals surface area contributed by atoms with Crippen molar-refractivity contribution in [2.24, 2.45) is 5.10 Å². The van der Waals surface area contributed by atoms with Crippen LogP contribution in [0.5, 0.6) is 23.0 Å². The maximum absolute atomic E-state index is 11.7. The van der Waals surface area contributed by atoms with Crippen molar-refractivity contribution in [1.82, 2.24) is 5.43 Å². The van der Waals surface area contributed by atoms with E-state index in [1.54, 1.807) is 36.4 Å². The topological polar surface area (TPSA) is 89.4 Å². The van der Waals surface area contributed by atoms with Gasteiger partial charge in [0, 0.05) is 10.6 Å². The Labute approximate surface area is 149 Å². The number of aromatic hydroxyl groups is 1. The summed E-state index contributed by atoms with van der Waals surface area (Å²) in [6.07, 6.45) is 1.39. The standard InChI is InChI=1S/C17H17ClN2O5/c1-23-14-6-11(7-15(24-2)17(14)22)9-19-20-16(21)10-25-13-5-3-4-12(18)8-13/h3-9,22H,10H2,1-2H3,(H,20,21)/b19-9-. The van der Waals surface area contributed by atoms with Crippen LogP contribution < -0.4 is 19.6 Å². The summed E-state index contributed by atoms with van der Waals surface area (Å²) in [5.74, 6) is 0.405. The third-order valence-electron chi connectivity index (χ3n) is 3.07. The van der Waals surface area contributed by atoms with Gasteiger partial charge in [0.25, 0.3) is 5.91 Å². The summed E-state index contributed by atoms with van der Waals surface area (Å²) in [7, 11) is 2.84.